The van der Waals surface area contributed by atoms with Crippen molar-refractivity contribution in [1.29, 1.82) is 0 Å². The number of hydrogen-bond acceptors (Lipinski definition) is 6. The standard InChI is InChI=1S/C17H31N3O4S/c1-19(8-10-21)13-16-12-18-17(20(16)9-11-24-2)25(22,23)14-15-6-4-3-5-7-15/h12,15,21H,3-11,13-14H2,1-2H3. The van der Waals surface area contributed by atoms with Gasteiger partial charge in [0.05, 0.1) is 30.9 Å². The van der Waals surface area contributed by atoms with Gasteiger partial charge in [0, 0.05) is 26.7 Å². The van der Waals surface area contributed by atoms with Gasteiger partial charge in [-0.05, 0) is 25.8 Å². The summed E-state index contributed by atoms with van der Waals surface area (Å²) in [5.41, 5.74) is 0.829. The van der Waals surface area contributed by atoms with Gasteiger partial charge in [-0.15, -0.1) is 0 Å². The number of nitrogens with zero attached hydrogens (tertiary/aromatic N) is 3. The second-order valence-corrected chi connectivity index (χ2v) is 8.85. The van der Waals surface area contributed by atoms with Crippen LogP contribution in [0.3, 0.4) is 0 Å². The van der Waals surface area contributed by atoms with Crippen molar-refractivity contribution in [3.63, 3.8) is 0 Å². The molecule has 0 radical (unpaired) electrons. The monoisotopic (exact) mass is 373 g/mol. The van der Waals surface area contributed by atoms with Crippen LogP contribution in [-0.2, 0) is 27.7 Å². The molecule has 0 amide bonds. The van der Waals surface area contributed by atoms with Gasteiger partial charge in [-0.25, -0.2) is 13.4 Å². The highest BCUT2D eigenvalue weighted by Gasteiger charge is 2.28. The molecule has 0 saturated heterocycles. The molecular weight excluding hydrogens is 342 g/mol. The van der Waals surface area contributed by atoms with Crippen LogP contribution < -0.4 is 0 Å². The van der Waals surface area contributed by atoms with E-state index in [0.717, 1.165) is 31.4 Å². The van der Waals surface area contributed by atoms with Crippen LogP contribution in [0.4, 0.5) is 0 Å². The summed E-state index contributed by atoms with van der Waals surface area (Å²) >= 11 is 0. The molecule has 7 nitrogen and oxygen atoms in total. The minimum Gasteiger partial charge on any atom is -0.395 e. The minimum atomic E-state index is -3.42. The lowest BCUT2D eigenvalue weighted by Crippen LogP contribution is -2.26. The van der Waals surface area contributed by atoms with Crippen LogP contribution in [0.2, 0.25) is 0 Å². The molecule has 1 aromatic rings. The Kier molecular flexibility index (Phi) is 7.86. The lowest BCUT2D eigenvalue weighted by atomic mass is 9.91. The van der Waals surface area contributed by atoms with E-state index in [1.165, 1.54) is 6.42 Å². The van der Waals surface area contributed by atoms with Crippen LogP contribution in [0.15, 0.2) is 11.4 Å². The number of hydrogen-bond donors (Lipinski definition) is 1. The van der Waals surface area contributed by atoms with E-state index in [0.29, 0.717) is 26.2 Å². The second kappa shape index (κ2) is 9.66. The number of rotatable bonds is 10. The van der Waals surface area contributed by atoms with E-state index in [1.807, 2.05) is 11.9 Å². The van der Waals surface area contributed by atoms with E-state index in [1.54, 1.807) is 17.9 Å². The lowest BCUT2D eigenvalue weighted by molar-refractivity contribution is 0.180. The molecule has 1 heterocycles. The first kappa shape index (κ1) is 20.4. The molecule has 1 aliphatic rings. The van der Waals surface area contributed by atoms with Gasteiger partial charge in [0.2, 0.25) is 15.0 Å². The van der Waals surface area contributed by atoms with Crippen LogP contribution in [0.25, 0.3) is 0 Å². The van der Waals surface area contributed by atoms with Crippen LogP contribution in [0.5, 0.6) is 0 Å². The maximum Gasteiger partial charge on any atom is 0.227 e. The molecule has 1 aromatic heterocycles. The number of sulfone groups is 1. The summed E-state index contributed by atoms with van der Waals surface area (Å²) in [6.45, 7) is 2.02. The van der Waals surface area contributed by atoms with Crippen molar-refractivity contribution >= 4 is 9.84 Å². The molecule has 1 aliphatic carbocycles. The Bertz CT molecular complexity index is 624. The van der Waals surface area contributed by atoms with Gasteiger partial charge in [-0.1, -0.05) is 19.3 Å². The Balaban J connectivity index is 2.20. The maximum atomic E-state index is 12.9. The Labute approximate surface area is 150 Å². The average molecular weight is 374 g/mol. The summed E-state index contributed by atoms with van der Waals surface area (Å²) in [7, 11) is 0.0710. The summed E-state index contributed by atoms with van der Waals surface area (Å²) in [6, 6.07) is 0. The van der Waals surface area contributed by atoms with Gasteiger partial charge in [-0.3, -0.25) is 4.90 Å². The molecular formula is C17H31N3O4S. The maximum absolute atomic E-state index is 12.9. The summed E-state index contributed by atoms with van der Waals surface area (Å²) in [5.74, 6) is 0.426. The Hall–Kier alpha value is -0.960. The van der Waals surface area contributed by atoms with Crippen molar-refractivity contribution in [3.8, 4) is 0 Å². The molecule has 1 N–H and O–H groups in total. The van der Waals surface area contributed by atoms with Crippen molar-refractivity contribution in [2.24, 2.45) is 5.92 Å². The number of ether oxygens (including phenoxy) is 1. The zero-order chi connectivity index (χ0) is 18.3. The fraction of sp³-hybridized carbons (Fsp3) is 0.824. The number of aliphatic hydroxyl groups is 1. The largest absolute Gasteiger partial charge is 0.395 e. The molecule has 25 heavy (non-hydrogen) atoms. The summed E-state index contributed by atoms with van der Waals surface area (Å²) < 4.78 is 32.8. The number of likely N-dealkylation sites (N-methyl/N-ethyl adjacent to an activating group) is 1. The van der Waals surface area contributed by atoms with E-state index in [9.17, 15) is 8.42 Å². The van der Waals surface area contributed by atoms with E-state index < -0.39 is 9.84 Å². The first-order valence-corrected chi connectivity index (χ1v) is 10.7. The predicted molar refractivity (Wildman–Crippen MR) is 96.2 cm³/mol. The van der Waals surface area contributed by atoms with Crippen LogP contribution in [0, 0.1) is 5.92 Å². The summed E-state index contributed by atoms with van der Waals surface area (Å²) in [4.78, 5) is 6.19. The van der Waals surface area contributed by atoms with Gasteiger partial charge < -0.3 is 14.4 Å². The SMILES string of the molecule is COCCn1c(CN(C)CCO)cnc1S(=O)(=O)CC1CCCCC1. The summed E-state index contributed by atoms with van der Waals surface area (Å²) in [5, 5.41) is 9.22. The Morgan fingerprint density at radius 1 is 1.36 bits per heavy atom. The third-order valence-electron chi connectivity index (χ3n) is 4.79. The first-order valence-electron chi connectivity index (χ1n) is 9.03. The minimum absolute atomic E-state index is 0.0650. The highest BCUT2D eigenvalue weighted by atomic mass is 32.2. The lowest BCUT2D eigenvalue weighted by Gasteiger charge is -2.22. The molecule has 0 unspecified atom stereocenters. The van der Waals surface area contributed by atoms with Gasteiger partial charge >= 0.3 is 0 Å². The Morgan fingerprint density at radius 3 is 2.72 bits per heavy atom. The molecule has 0 bridgehead atoms. The predicted octanol–water partition coefficient (Wildman–Crippen LogP) is 1.31. The number of aromatic nitrogens is 2. The van der Waals surface area contributed by atoms with Gasteiger partial charge in [-0.2, -0.15) is 0 Å². The normalized spacial score (nSPS) is 16.6. The average Bonchev–Trinajstić information content (AvgIpc) is 2.97. The Morgan fingerprint density at radius 2 is 2.08 bits per heavy atom. The van der Waals surface area contributed by atoms with Gasteiger partial charge in [0.1, 0.15) is 0 Å². The fourth-order valence-corrected chi connectivity index (χ4v) is 5.31. The molecule has 0 aliphatic heterocycles. The van der Waals surface area contributed by atoms with Crippen molar-refractivity contribution < 1.29 is 18.3 Å². The third-order valence-corrected chi connectivity index (χ3v) is 6.58. The zero-order valence-electron chi connectivity index (χ0n) is 15.4. The van der Waals surface area contributed by atoms with Gasteiger partial charge in [0.25, 0.3) is 0 Å². The molecule has 0 atom stereocenters. The number of methoxy groups -OCH3 is 1. The van der Waals surface area contributed by atoms with E-state index >= 15 is 0 Å². The molecule has 2 rings (SSSR count). The number of imidazole rings is 1. The molecule has 1 saturated carbocycles. The van der Waals surface area contributed by atoms with Crippen LogP contribution >= 0.6 is 0 Å². The second-order valence-electron chi connectivity index (χ2n) is 6.92. The molecule has 144 valence electrons. The summed E-state index contributed by atoms with van der Waals surface area (Å²) in [6.07, 6.45) is 7.07. The van der Waals surface area contributed by atoms with Crippen molar-refractivity contribution in [2.75, 3.05) is 39.7 Å². The van der Waals surface area contributed by atoms with Crippen molar-refractivity contribution in [2.45, 2.75) is 50.4 Å². The topological polar surface area (TPSA) is 84.7 Å². The first-order chi connectivity index (χ1) is 12.0. The molecule has 1 fully saturated rings. The molecule has 0 aromatic carbocycles. The highest BCUT2D eigenvalue weighted by molar-refractivity contribution is 7.91. The zero-order valence-corrected chi connectivity index (χ0v) is 16.2. The van der Waals surface area contributed by atoms with Crippen molar-refractivity contribution in [1.82, 2.24) is 14.5 Å². The fourth-order valence-electron chi connectivity index (χ4n) is 3.45. The van der Waals surface area contributed by atoms with Crippen LogP contribution in [-0.4, -0.2) is 67.6 Å². The highest BCUT2D eigenvalue weighted by Crippen LogP contribution is 2.27. The molecule has 8 heteroatoms. The van der Waals surface area contributed by atoms with E-state index in [2.05, 4.69) is 4.98 Å². The van der Waals surface area contributed by atoms with Crippen molar-refractivity contribution in [3.05, 3.63) is 11.9 Å². The third kappa shape index (κ3) is 5.77. The smallest absolute Gasteiger partial charge is 0.227 e. The van der Waals surface area contributed by atoms with E-state index in [4.69, 9.17) is 9.84 Å². The van der Waals surface area contributed by atoms with E-state index in [-0.39, 0.29) is 23.4 Å². The molecule has 0 spiro atoms. The van der Waals surface area contributed by atoms with Crippen LogP contribution in [0.1, 0.15) is 37.8 Å². The quantitative estimate of drug-likeness (QED) is 0.666. The number of aliphatic hydroxyl groups excluding tert-OH is 1. The van der Waals surface area contributed by atoms with Gasteiger partial charge in [0.15, 0.2) is 0 Å².